The molecule has 0 aromatic heterocycles. The number of likely N-dealkylation sites (tertiary alicyclic amines) is 1. The van der Waals surface area contributed by atoms with Crippen LogP contribution in [-0.4, -0.2) is 29.9 Å². The summed E-state index contributed by atoms with van der Waals surface area (Å²) in [5.41, 5.74) is 0.934. The third kappa shape index (κ3) is 5.30. The summed E-state index contributed by atoms with van der Waals surface area (Å²) < 4.78 is 41.1. The van der Waals surface area contributed by atoms with Crippen LogP contribution in [0.15, 0.2) is 66.7 Å². The van der Waals surface area contributed by atoms with Gasteiger partial charge < -0.3 is 9.80 Å². The van der Waals surface area contributed by atoms with Gasteiger partial charge in [0.15, 0.2) is 0 Å². The van der Waals surface area contributed by atoms with Gasteiger partial charge in [-0.1, -0.05) is 35.9 Å². The Balaban J connectivity index is 1.66. The van der Waals surface area contributed by atoms with Crippen molar-refractivity contribution in [3.63, 3.8) is 0 Å². The molecule has 182 valence electrons. The quantitative estimate of drug-likeness (QED) is 0.422. The monoisotopic (exact) mass is 508 g/mol. The molecule has 1 heterocycles. The molecule has 0 spiro atoms. The molecule has 0 bridgehead atoms. The van der Waals surface area contributed by atoms with Crippen LogP contribution in [0.3, 0.4) is 0 Å². The summed E-state index contributed by atoms with van der Waals surface area (Å²) in [5, 5.41) is 18.6. The van der Waals surface area contributed by atoms with E-state index in [2.05, 4.69) is 0 Å². The molecule has 1 amide bonds. The smallest absolute Gasteiger partial charge is 0.362 e. The molecule has 0 aliphatic carbocycles. The molecule has 0 saturated carbocycles. The van der Waals surface area contributed by atoms with E-state index in [0.717, 1.165) is 6.07 Å². The summed E-state index contributed by atoms with van der Waals surface area (Å²) in [6.45, 7) is 0.623. The van der Waals surface area contributed by atoms with Crippen LogP contribution in [0.1, 0.15) is 39.0 Å². The van der Waals surface area contributed by atoms with Crippen LogP contribution in [-0.2, 0) is 12.7 Å². The summed E-state index contributed by atoms with van der Waals surface area (Å²) in [7, 11) is 0. The maximum absolute atomic E-state index is 13.7. The maximum Gasteiger partial charge on any atom is 0.416 e. The fourth-order valence-corrected chi connectivity index (χ4v) is 4.62. The Labute approximate surface area is 211 Å². The van der Waals surface area contributed by atoms with E-state index in [-0.39, 0.29) is 41.2 Å². The van der Waals surface area contributed by atoms with Crippen molar-refractivity contribution in [1.29, 1.82) is 10.5 Å². The number of carbonyl (C=O) groups is 1. The number of carbonyl (C=O) groups excluding carboxylic acids is 1. The number of nitrogens with zero attached hydrogens (tertiary/aromatic N) is 4. The second-order valence-corrected chi connectivity index (χ2v) is 8.85. The normalized spacial score (nSPS) is 15.3. The number of amides is 1. The predicted octanol–water partition coefficient (Wildman–Crippen LogP) is 6.02. The van der Waals surface area contributed by atoms with Crippen LogP contribution in [0, 0.1) is 22.7 Å². The molecule has 4 rings (SSSR count). The van der Waals surface area contributed by atoms with E-state index in [1.54, 1.807) is 46.2 Å². The number of benzene rings is 3. The number of halogens is 4. The molecular formula is C27H20ClF3N4O. The Bertz CT molecular complexity index is 1380. The molecule has 0 N–H and O–H groups in total. The van der Waals surface area contributed by atoms with Gasteiger partial charge in [-0.3, -0.25) is 4.79 Å². The van der Waals surface area contributed by atoms with Crippen molar-refractivity contribution in [3.05, 3.63) is 99.6 Å². The van der Waals surface area contributed by atoms with Crippen molar-refractivity contribution in [1.82, 2.24) is 4.90 Å². The molecule has 1 atom stereocenters. The molecule has 5 nitrogen and oxygen atoms in total. The zero-order valence-electron chi connectivity index (χ0n) is 19.0. The van der Waals surface area contributed by atoms with Crippen molar-refractivity contribution in [2.75, 3.05) is 18.0 Å². The molecule has 0 unspecified atom stereocenters. The highest BCUT2D eigenvalue weighted by molar-refractivity contribution is 6.32. The van der Waals surface area contributed by atoms with Gasteiger partial charge >= 0.3 is 6.18 Å². The Kier molecular flexibility index (Phi) is 7.19. The summed E-state index contributed by atoms with van der Waals surface area (Å²) in [4.78, 5) is 16.5. The number of anilines is 1. The van der Waals surface area contributed by atoms with Gasteiger partial charge in [0.25, 0.3) is 5.91 Å². The predicted molar refractivity (Wildman–Crippen MR) is 129 cm³/mol. The topological polar surface area (TPSA) is 71.1 Å². The van der Waals surface area contributed by atoms with Crippen LogP contribution in [0.4, 0.5) is 18.9 Å². The lowest BCUT2D eigenvalue weighted by molar-refractivity contribution is -0.138. The van der Waals surface area contributed by atoms with E-state index in [1.165, 1.54) is 24.3 Å². The third-order valence-electron chi connectivity index (χ3n) is 6.20. The number of rotatable bonds is 5. The zero-order valence-corrected chi connectivity index (χ0v) is 19.7. The number of hydrogen-bond acceptors (Lipinski definition) is 4. The number of nitriles is 2. The standard InChI is InChI=1S/C27H20ClF3N4O/c28-25-13-22(9-8-20(25)15-33)35(16-21-5-1-2-7-24(21)27(29,30)31)23-10-11-34(17-23)26(36)19-6-3-4-18(12-19)14-32/h1-9,12-13,23H,10-11,16-17H2/t23-/m0/s1. The van der Waals surface area contributed by atoms with Gasteiger partial charge in [0, 0.05) is 36.9 Å². The first-order valence-corrected chi connectivity index (χ1v) is 11.5. The molecule has 9 heteroatoms. The molecular weight excluding hydrogens is 489 g/mol. The second kappa shape index (κ2) is 10.3. The first-order chi connectivity index (χ1) is 17.2. The van der Waals surface area contributed by atoms with Crippen LogP contribution in [0.5, 0.6) is 0 Å². The molecule has 36 heavy (non-hydrogen) atoms. The Morgan fingerprint density at radius 3 is 2.53 bits per heavy atom. The lowest BCUT2D eigenvalue weighted by Gasteiger charge is -2.32. The average molecular weight is 509 g/mol. The van der Waals surface area contributed by atoms with Crippen LogP contribution in [0.2, 0.25) is 5.02 Å². The summed E-state index contributed by atoms with van der Waals surface area (Å²) in [6, 6.07) is 20.2. The highest BCUT2D eigenvalue weighted by atomic mass is 35.5. The minimum Gasteiger partial charge on any atom is -0.362 e. The van der Waals surface area contributed by atoms with E-state index >= 15 is 0 Å². The van der Waals surface area contributed by atoms with Crippen molar-refractivity contribution in [2.24, 2.45) is 0 Å². The zero-order chi connectivity index (χ0) is 25.9. The molecule has 1 aliphatic heterocycles. The van der Waals surface area contributed by atoms with E-state index in [1.807, 2.05) is 12.1 Å². The SMILES string of the molecule is N#Cc1cccc(C(=O)N2CC[C@H](N(Cc3ccccc3C(F)(F)F)c3ccc(C#N)c(Cl)c3)C2)c1. The van der Waals surface area contributed by atoms with Crippen molar-refractivity contribution >= 4 is 23.2 Å². The average Bonchev–Trinajstić information content (AvgIpc) is 3.36. The van der Waals surface area contributed by atoms with Gasteiger partial charge in [-0.15, -0.1) is 0 Å². The third-order valence-corrected chi connectivity index (χ3v) is 6.51. The Morgan fingerprint density at radius 2 is 1.83 bits per heavy atom. The fraction of sp³-hybridized carbons (Fsp3) is 0.222. The first-order valence-electron chi connectivity index (χ1n) is 11.1. The lowest BCUT2D eigenvalue weighted by Crippen LogP contribution is -2.39. The second-order valence-electron chi connectivity index (χ2n) is 8.45. The van der Waals surface area contributed by atoms with E-state index in [0.29, 0.717) is 29.8 Å². The minimum absolute atomic E-state index is 0.0610. The molecule has 1 saturated heterocycles. The Morgan fingerprint density at radius 1 is 1.06 bits per heavy atom. The molecule has 3 aromatic rings. The largest absolute Gasteiger partial charge is 0.416 e. The molecule has 0 radical (unpaired) electrons. The summed E-state index contributed by atoms with van der Waals surface area (Å²) >= 11 is 6.25. The van der Waals surface area contributed by atoms with Gasteiger partial charge in [0.1, 0.15) is 6.07 Å². The molecule has 1 aliphatic rings. The Hall–Kier alpha value is -4.01. The first kappa shape index (κ1) is 25.1. The maximum atomic E-state index is 13.7. The van der Waals surface area contributed by atoms with Crippen molar-refractivity contribution in [2.45, 2.75) is 25.2 Å². The van der Waals surface area contributed by atoms with E-state index in [4.69, 9.17) is 16.9 Å². The van der Waals surface area contributed by atoms with E-state index in [9.17, 15) is 23.2 Å². The fourth-order valence-electron chi connectivity index (χ4n) is 4.41. The van der Waals surface area contributed by atoms with Gasteiger partial charge in [0.05, 0.1) is 27.8 Å². The van der Waals surface area contributed by atoms with Gasteiger partial charge in [-0.25, -0.2) is 0 Å². The number of alkyl halides is 3. The van der Waals surface area contributed by atoms with Crippen LogP contribution >= 0.6 is 11.6 Å². The summed E-state index contributed by atoms with van der Waals surface area (Å²) in [6.07, 6.45) is -4.00. The van der Waals surface area contributed by atoms with Crippen LogP contribution < -0.4 is 4.90 Å². The highest BCUT2D eigenvalue weighted by Crippen LogP contribution is 2.35. The van der Waals surface area contributed by atoms with Gasteiger partial charge in [0.2, 0.25) is 0 Å². The van der Waals surface area contributed by atoms with Crippen LogP contribution in [0.25, 0.3) is 0 Å². The summed E-state index contributed by atoms with van der Waals surface area (Å²) in [5.74, 6) is -0.247. The van der Waals surface area contributed by atoms with Crippen molar-refractivity contribution < 1.29 is 18.0 Å². The van der Waals surface area contributed by atoms with Gasteiger partial charge in [-0.05, 0) is 54.4 Å². The molecule has 1 fully saturated rings. The number of hydrogen-bond donors (Lipinski definition) is 0. The van der Waals surface area contributed by atoms with Crippen molar-refractivity contribution in [3.8, 4) is 12.1 Å². The highest BCUT2D eigenvalue weighted by Gasteiger charge is 2.36. The lowest BCUT2D eigenvalue weighted by atomic mass is 10.0. The van der Waals surface area contributed by atoms with Gasteiger partial charge in [-0.2, -0.15) is 23.7 Å². The van der Waals surface area contributed by atoms with E-state index < -0.39 is 11.7 Å². The minimum atomic E-state index is -4.52. The molecule has 3 aromatic carbocycles.